The Morgan fingerprint density at radius 1 is 1.18 bits per heavy atom. The van der Waals surface area contributed by atoms with Crippen LogP contribution in [0.3, 0.4) is 0 Å². The molecule has 1 atom stereocenters. The Hall–Kier alpha value is -0.860. The van der Waals surface area contributed by atoms with Gasteiger partial charge in [-0.05, 0) is 37.3 Å². The highest BCUT2D eigenvalue weighted by molar-refractivity contribution is 5.15. The van der Waals surface area contributed by atoms with E-state index >= 15 is 0 Å². The highest BCUT2D eigenvalue weighted by Crippen LogP contribution is 2.05. The fraction of sp³-hybridized carbons (Fsp3) is 0.600. The lowest BCUT2D eigenvalue weighted by atomic mass is 10.1. The van der Waals surface area contributed by atoms with E-state index in [1.165, 1.54) is 18.4 Å². The average molecular weight is 235 g/mol. The summed E-state index contributed by atoms with van der Waals surface area (Å²) in [6.07, 6.45) is 3.33. The van der Waals surface area contributed by atoms with Gasteiger partial charge in [-0.2, -0.15) is 0 Å². The maximum Gasteiger partial charge on any atom is 0.0587 e. The van der Waals surface area contributed by atoms with E-state index in [0.29, 0.717) is 0 Å². The van der Waals surface area contributed by atoms with Crippen LogP contribution in [-0.4, -0.2) is 24.3 Å². The van der Waals surface area contributed by atoms with E-state index in [4.69, 9.17) is 0 Å². The minimum atomic E-state index is 0.185. The molecule has 0 fully saturated rings. The molecule has 0 bridgehead atoms. The standard InChI is InChI=1S/C15H25NO/c1-13(2)7-6-10-16-15(12-17)11-14-8-4-3-5-9-14/h3-5,8-9,13,15-17H,6-7,10-12H2,1-2H3. The van der Waals surface area contributed by atoms with Gasteiger partial charge < -0.3 is 10.4 Å². The number of nitrogens with one attached hydrogen (secondary N) is 1. The molecule has 0 aliphatic heterocycles. The van der Waals surface area contributed by atoms with Crippen molar-refractivity contribution < 1.29 is 5.11 Å². The fourth-order valence-electron chi connectivity index (χ4n) is 1.92. The molecule has 0 saturated carbocycles. The summed E-state index contributed by atoms with van der Waals surface area (Å²) in [6, 6.07) is 10.5. The van der Waals surface area contributed by atoms with Gasteiger partial charge in [-0.3, -0.25) is 0 Å². The van der Waals surface area contributed by atoms with Crippen LogP contribution in [0.4, 0.5) is 0 Å². The molecule has 2 heteroatoms. The first-order chi connectivity index (χ1) is 8.22. The second kappa shape index (κ2) is 8.26. The third-order valence-electron chi connectivity index (χ3n) is 2.94. The summed E-state index contributed by atoms with van der Waals surface area (Å²) >= 11 is 0. The van der Waals surface area contributed by atoms with Gasteiger partial charge in [0.25, 0.3) is 0 Å². The van der Waals surface area contributed by atoms with Crippen molar-refractivity contribution in [3.05, 3.63) is 35.9 Å². The van der Waals surface area contributed by atoms with E-state index in [1.54, 1.807) is 0 Å². The van der Waals surface area contributed by atoms with Crippen molar-refractivity contribution in [2.75, 3.05) is 13.2 Å². The van der Waals surface area contributed by atoms with Gasteiger partial charge in [0.1, 0.15) is 0 Å². The Balaban J connectivity index is 2.24. The van der Waals surface area contributed by atoms with Crippen molar-refractivity contribution in [2.24, 2.45) is 5.92 Å². The third-order valence-corrected chi connectivity index (χ3v) is 2.94. The van der Waals surface area contributed by atoms with Gasteiger partial charge in [0.05, 0.1) is 6.61 Å². The highest BCUT2D eigenvalue weighted by Gasteiger charge is 2.07. The van der Waals surface area contributed by atoms with Gasteiger partial charge in [-0.15, -0.1) is 0 Å². The molecule has 2 nitrogen and oxygen atoms in total. The lowest BCUT2D eigenvalue weighted by Crippen LogP contribution is -2.35. The molecular weight excluding hydrogens is 210 g/mol. The van der Waals surface area contributed by atoms with Gasteiger partial charge in [0.2, 0.25) is 0 Å². The highest BCUT2D eigenvalue weighted by atomic mass is 16.3. The minimum Gasteiger partial charge on any atom is -0.395 e. The van der Waals surface area contributed by atoms with Crippen LogP contribution in [0.15, 0.2) is 30.3 Å². The molecule has 0 radical (unpaired) electrons. The quantitative estimate of drug-likeness (QED) is 0.679. The largest absolute Gasteiger partial charge is 0.395 e. The maximum atomic E-state index is 9.33. The molecule has 0 aliphatic rings. The van der Waals surface area contributed by atoms with Crippen molar-refractivity contribution in [2.45, 2.75) is 39.2 Å². The number of hydrogen-bond acceptors (Lipinski definition) is 2. The Morgan fingerprint density at radius 2 is 1.88 bits per heavy atom. The molecule has 0 aromatic heterocycles. The molecular formula is C15H25NO. The smallest absolute Gasteiger partial charge is 0.0587 e. The van der Waals surface area contributed by atoms with E-state index in [9.17, 15) is 5.11 Å². The molecule has 0 amide bonds. The summed E-state index contributed by atoms with van der Waals surface area (Å²) in [7, 11) is 0. The molecule has 0 spiro atoms. The van der Waals surface area contributed by atoms with Gasteiger partial charge >= 0.3 is 0 Å². The summed E-state index contributed by atoms with van der Waals surface area (Å²) in [4.78, 5) is 0. The second-order valence-corrected chi connectivity index (χ2v) is 5.06. The molecule has 0 saturated heterocycles. The van der Waals surface area contributed by atoms with E-state index < -0.39 is 0 Å². The first kappa shape index (κ1) is 14.2. The topological polar surface area (TPSA) is 32.3 Å². The normalized spacial score (nSPS) is 12.9. The van der Waals surface area contributed by atoms with Crippen LogP contribution >= 0.6 is 0 Å². The van der Waals surface area contributed by atoms with Gasteiger partial charge in [0.15, 0.2) is 0 Å². The molecule has 0 aliphatic carbocycles. The Labute approximate surface area is 105 Å². The van der Waals surface area contributed by atoms with Crippen LogP contribution in [0.25, 0.3) is 0 Å². The number of rotatable bonds is 8. The molecule has 17 heavy (non-hydrogen) atoms. The van der Waals surface area contributed by atoms with Crippen LogP contribution < -0.4 is 5.32 Å². The summed E-state index contributed by atoms with van der Waals surface area (Å²) in [5, 5.41) is 12.8. The summed E-state index contributed by atoms with van der Waals surface area (Å²) in [5.74, 6) is 0.762. The number of aliphatic hydroxyl groups excluding tert-OH is 1. The first-order valence-electron chi connectivity index (χ1n) is 6.60. The first-order valence-corrected chi connectivity index (χ1v) is 6.60. The summed E-state index contributed by atoms with van der Waals surface area (Å²) in [5.41, 5.74) is 1.28. The van der Waals surface area contributed by atoms with E-state index in [-0.39, 0.29) is 12.6 Å². The van der Waals surface area contributed by atoms with E-state index in [1.807, 2.05) is 18.2 Å². The SMILES string of the molecule is CC(C)CCCNC(CO)Cc1ccccc1. The second-order valence-electron chi connectivity index (χ2n) is 5.06. The summed E-state index contributed by atoms with van der Waals surface area (Å²) in [6.45, 7) is 5.69. The predicted octanol–water partition coefficient (Wildman–Crippen LogP) is 2.62. The van der Waals surface area contributed by atoms with Crippen LogP contribution in [-0.2, 0) is 6.42 Å². The zero-order valence-corrected chi connectivity index (χ0v) is 11.0. The lowest BCUT2D eigenvalue weighted by molar-refractivity contribution is 0.240. The van der Waals surface area contributed by atoms with Crippen LogP contribution in [0.1, 0.15) is 32.3 Å². The number of aliphatic hydroxyl groups is 1. The third kappa shape index (κ3) is 6.44. The van der Waals surface area contributed by atoms with E-state index in [0.717, 1.165) is 18.9 Å². The Bertz CT molecular complexity index is 284. The van der Waals surface area contributed by atoms with Crippen molar-refractivity contribution in [3.63, 3.8) is 0 Å². The minimum absolute atomic E-state index is 0.185. The molecule has 2 N–H and O–H groups in total. The maximum absolute atomic E-state index is 9.33. The van der Waals surface area contributed by atoms with Crippen molar-refractivity contribution in [1.29, 1.82) is 0 Å². The van der Waals surface area contributed by atoms with Gasteiger partial charge in [-0.25, -0.2) is 0 Å². The van der Waals surface area contributed by atoms with Crippen LogP contribution in [0, 0.1) is 5.92 Å². The Morgan fingerprint density at radius 3 is 2.47 bits per heavy atom. The zero-order chi connectivity index (χ0) is 12.5. The molecule has 1 aromatic rings. The van der Waals surface area contributed by atoms with Crippen molar-refractivity contribution >= 4 is 0 Å². The van der Waals surface area contributed by atoms with Gasteiger partial charge in [-0.1, -0.05) is 44.2 Å². The molecule has 96 valence electrons. The van der Waals surface area contributed by atoms with E-state index in [2.05, 4.69) is 31.3 Å². The zero-order valence-electron chi connectivity index (χ0n) is 11.0. The molecule has 1 unspecified atom stereocenters. The fourth-order valence-corrected chi connectivity index (χ4v) is 1.92. The lowest BCUT2D eigenvalue weighted by Gasteiger charge is -2.16. The number of hydrogen-bond donors (Lipinski definition) is 2. The van der Waals surface area contributed by atoms with Crippen LogP contribution in [0.2, 0.25) is 0 Å². The molecule has 1 rings (SSSR count). The van der Waals surface area contributed by atoms with Gasteiger partial charge in [0, 0.05) is 6.04 Å². The Kier molecular flexibility index (Phi) is 6.90. The van der Waals surface area contributed by atoms with Crippen molar-refractivity contribution in [3.8, 4) is 0 Å². The average Bonchev–Trinajstić information content (AvgIpc) is 2.34. The predicted molar refractivity (Wildman–Crippen MR) is 73.1 cm³/mol. The monoisotopic (exact) mass is 235 g/mol. The van der Waals surface area contributed by atoms with Crippen LogP contribution in [0.5, 0.6) is 0 Å². The summed E-state index contributed by atoms with van der Waals surface area (Å²) < 4.78 is 0. The molecule has 1 aromatic carbocycles. The molecule has 0 heterocycles. The number of benzene rings is 1. The van der Waals surface area contributed by atoms with Crippen molar-refractivity contribution in [1.82, 2.24) is 5.32 Å².